The molecular weight excluding hydrogens is 212 g/mol. The Bertz CT molecular complexity index is 422. The van der Waals surface area contributed by atoms with E-state index in [1.807, 2.05) is 0 Å². The lowest BCUT2D eigenvalue weighted by molar-refractivity contribution is -0.139. The van der Waals surface area contributed by atoms with Gasteiger partial charge in [0, 0.05) is 19.0 Å². The molecule has 1 fully saturated rings. The first-order valence-electron chi connectivity index (χ1n) is 4.96. The molecule has 86 valence electrons. The largest absolute Gasteiger partial charge is 0.481 e. The van der Waals surface area contributed by atoms with E-state index < -0.39 is 5.97 Å². The number of carboxylic acids is 1. The summed E-state index contributed by atoms with van der Waals surface area (Å²) in [6.45, 7) is 2.66. The van der Waals surface area contributed by atoms with Crippen LogP contribution in [0.15, 0.2) is 0 Å². The Hall–Kier alpha value is -1.92. The van der Waals surface area contributed by atoms with E-state index in [9.17, 15) is 9.59 Å². The number of aromatic amines is 1. The fourth-order valence-electron chi connectivity index (χ4n) is 1.69. The van der Waals surface area contributed by atoms with Crippen molar-refractivity contribution in [2.75, 3.05) is 13.1 Å². The number of carbonyl (C=O) groups excluding carboxylic acids is 1. The number of rotatable bonds is 3. The zero-order chi connectivity index (χ0) is 11.7. The molecule has 0 aromatic carbocycles. The second kappa shape index (κ2) is 3.92. The van der Waals surface area contributed by atoms with Crippen molar-refractivity contribution in [3.8, 4) is 0 Å². The molecule has 0 saturated carbocycles. The summed E-state index contributed by atoms with van der Waals surface area (Å²) in [6.07, 6.45) is 0.108. The molecule has 7 heteroatoms. The van der Waals surface area contributed by atoms with Crippen LogP contribution < -0.4 is 0 Å². The van der Waals surface area contributed by atoms with Gasteiger partial charge in [0.1, 0.15) is 5.82 Å². The molecule has 0 spiro atoms. The average Bonchev–Trinajstić information content (AvgIpc) is 2.56. The zero-order valence-corrected chi connectivity index (χ0v) is 8.80. The lowest BCUT2D eigenvalue weighted by Crippen LogP contribution is -2.50. The Morgan fingerprint density at radius 3 is 2.75 bits per heavy atom. The third-order valence-electron chi connectivity index (χ3n) is 2.50. The highest BCUT2D eigenvalue weighted by molar-refractivity contribution is 5.91. The van der Waals surface area contributed by atoms with Gasteiger partial charge in [-0.2, -0.15) is 0 Å². The second-order valence-electron chi connectivity index (χ2n) is 3.92. The van der Waals surface area contributed by atoms with E-state index in [2.05, 4.69) is 15.2 Å². The standard InChI is InChI=1S/C9H12N4O3/c1-5-10-8(12-11-5)9(16)13-3-6(4-13)2-7(14)15/h6H,2-4H2,1H3,(H,14,15)(H,10,11,12). The van der Waals surface area contributed by atoms with Crippen LogP contribution in [-0.4, -0.2) is 50.2 Å². The number of likely N-dealkylation sites (tertiary alicyclic amines) is 1. The summed E-state index contributed by atoms with van der Waals surface area (Å²) < 4.78 is 0. The maximum Gasteiger partial charge on any atom is 0.303 e. The number of hydrogen-bond donors (Lipinski definition) is 2. The second-order valence-corrected chi connectivity index (χ2v) is 3.92. The summed E-state index contributed by atoms with van der Waals surface area (Å²) in [5.41, 5.74) is 0. The zero-order valence-electron chi connectivity index (χ0n) is 8.80. The van der Waals surface area contributed by atoms with Crippen LogP contribution in [0.3, 0.4) is 0 Å². The number of nitrogens with zero attached hydrogens (tertiary/aromatic N) is 3. The van der Waals surface area contributed by atoms with Crippen molar-refractivity contribution < 1.29 is 14.7 Å². The van der Waals surface area contributed by atoms with Crippen molar-refractivity contribution in [3.05, 3.63) is 11.6 Å². The van der Waals surface area contributed by atoms with Gasteiger partial charge >= 0.3 is 5.97 Å². The van der Waals surface area contributed by atoms with Crippen LogP contribution >= 0.6 is 0 Å². The smallest absolute Gasteiger partial charge is 0.303 e. The molecule has 1 saturated heterocycles. The SMILES string of the molecule is Cc1nc(C(=O)N2CC(CC(=O)O)C2)n[nH]1. The molecule has 1 aliphatic rings. The van der Waals surface area contributed by atoms with Crippen LogP contribution in [0.4, 0.5) is 0 Å². The monoisotopic (exact) mass is 224 g/mol. The van der Waals surface area contributed by atoms with E-state index in [1.54, 1.807) is 11.8 Å². The number of amides is 1. The fraction of sp³-hybridized carbons (Fsp3) is 0.556. The van der Waals surface area contributed by atoms with Gasteiger partial charge in [-0.15, -0.1) is 5.10 Å². The van der Waals surface area contributed by atoms with Gasteiger partial charge in [0.2, 0.25) is 5.82 Å². The first-order chi connectivity index (χ1) is 7.56. The van der Waals surface area contributed by atoms with Crippen molar-refractivity contribution in [1.29, 1.82) is 0 Å². The van der Waals surface area contributed by atoms with Crippen LogP contribution in [0.1, 0.15) is 22.9 Å². The first kappa shape index (κ1) is 10.6. The molecule has 16 heavy (non-hydrogen) atoms. The number of carboxylic acid groups (broad SMARTS) is 1. The summed E-state index contributed by atoms with van der Waals surface area (Å²) >= 11 is 0. The summed E-state index contributed by atoms with van der Waals surface area (Å²) in [5.74, 6) is -0.282. The Morgan fingerprint density at radius 2 is 2.25 bits per heavy atom. The summed E-state index contributed by atoms with van der Waals surface area (Å²) in [7, 11) is 0. The van der Waals surface area contributed by atoms with Crippen LogP contribution in [0.2, 0.25) is 0 Å². The number of aryl methyl sites for hydroxylation is 1. The van der Waals surface area contributed by atoms with Crippen molar-refractivity contribution in [2.45, 2.75) is 13.3 Å². The molecule has 0 atom stereocenters. The lowest BCUT2D eigenvalue weighted by atomic mass is 9.96. The van der Waals surface area contributed by atoms with Gasteiger partial charge in [0.25, 0.3) is 5.91 Å². The minimum absolute atomic E-state index is 0.0569. The molecule has 7 nitrogen and oxygen atoms in total. The van der Waals surface area contributed by atoms with Gasteiger partial charge < -0.3 is 10.0 Å². The Morgan fingerprint density at radius 1 is 1.56 bits per heavy atom. The number of hydrogen-bond acceptors (Lipinski definition) is 4. The topological polar surface area (TPSA) is 99.2 Å². The van der Waals surface area contributed by atoms with Crippen LogP contribution in [-0.2, 0) is 4.79 Å². The highest BCUT2D eigenvalue weighted by Crippen LogP contribution is 2.20. The van der Waals surface area contributed by atoms with Crippen LogP contribution in [0.25, 0.3) is 0 Å². The van der Waals surface area contributed by atoms with Gasteiger partial charge in [-0.1, -0.05) is 0 Å². The van der Waals surface area contributed by atoms with Crippen molar-refractivity contribution in [1.82, 2.24) is 20.1 Å². The minimum Gasteiger partial charge on any atom is -0.481 e. The molecule has 0 unspecified atom stereocenters. The maximum atomic E-state index is 11.7. The number of aliphatic carboxylic acids is 1. The van der Waals surface area contributed by atoms with Gasteiger partial charge in [-0.3, -0.25) is 14.7 Å². The third-order valence-corrected chi connectivity index (χ3v) is 2.50. The molecule has 2 N–H and O–H groups in total. The highest BCUT2D eigenvalue weighted by atomic mass is 16.4. The molecule has 2 rings (SSSR count). The van der Waals surface area contributed by atoms with E-state index in [0.29, 0.717) is 18.9 Å². The van der Waals surface area contributed by atoms with Crippen molar-refractivity contribution >= 4 is 11.9 Å². The number of nitrogens with one attached hydrogen (secondary N) is 1. The van der Waals surface area contributed by atoms with Gasteiger partial charge in [0.15, 0.2) is 0 Å². The van der Waals surface area contributed by atoms with Crippen LogP contribution in [0, 0.1) is 12.8 Å². The molecule has 1 amide bonds. The molecule has 1 aromatic heterocycles. The molecular formula is C9H12N4O3. The molecule has 2 heterocycles. The highest BCUT2D eigenvalue weighted by Gasteiger charge is 2.33. The Labute approximate surface area is 91.5 Å². The van der Waals surface area contributed by atoms with Crippen molar-refractivity contribution in [2.24, 2.45) is 5.92 Å². The van der Waals surface area contributed by atoms with E-state index in [1.165, 1.54) is 0 Å². The predicted molar refractivity (Wildman–Crippen MR) is 52.8 cm³/mol. The van der Waals surface area contributed by atoms with E-state index in [-0.39, 0.29) is 24.1 Å². The predicted octanol–water partition coefficient (Wildman–Crippen LogP) is -0.340. The normalized spacial score (nSPS) is 15.9. The molecule has 0 radical (unpaired) electrons. The first-order valence-corrected chi connectivity index (χ1v) is 4.96. The van der Waals surface area contributed by atoms with Gasteiger partial charge in [-0.05, 0) is 6.92 Å². The Kier molecular flexibility index (Phi) is 2.59. The third kappa shape index (κ3) is 2.02. The molecule has 0 bridgehead atoms. The number of aromatic nitrogens is 3. The number of H-pyrrole nitrogens is 1. The molecule has 1 aliphatic heterocycles. The lowest BCUT2D eigenvalue weighted by Gasteiger charge is -2.37. The van der Waals surface area contributed by atoms with Gasteiger partial charge in [-0.25, -0.2) is 4.98 Å². The Balaban J connectivity index is 1.88. The summed E-state index contributed by atoms with van der Waals surface area (Å²) in [6, 6.07) is 0. The van der Waals surface area contributed by atoms with E-state index in [4.69, 9.17) is 5.11 Å². The molecule has 1 aromatic rings. The number of carbonyl (C=O) groups is 2. The summed E-state index contributed by atoms with van der Waals surface area (Å²) in [5, 5.41) is 14.9. The van der Waals surface area contributed by atoms with E-state index in [0.717, 1.165) is 0 Å². The minimum atomic E-state index is -0.828. The van der Waals surface area contributed by atoms with E-state index >= 15 is 0 Å². The fourth-order valence-corrected chi connectivity index (χ4v) is 1.69. The summed E-state index contributed by atoms with van der Waals surface area (Å²) in [4.78, 5) is 27.6. The maximum absolute atomic E-state index is 11.7. The van der Waals surface area contributed by atoms with Crippen molar-refractivity contribution in [3.63, 3.8) is 0 Å². The molecule has 0 aliphatic carbocycles. The average molecular weight is 224 g/mol. The van der Waals surface area contributed by atoms with Gasteiger partial charge in [0.05, 0.1) is 6.42 Å². The van der Waals surface area contributed by atoms with Crippen LogP contribution in [0.5, 0.6) is 0 Å². The quantitative estimate of drug-likeness (QED) is 0.731.